The molecule has 4 amide bonds. The molecule has 1 N–H and O–H groups in total. The Balaban J connectivity index is 0.000000219. The third-order valence-corrected chi connectivity index (χ3v) is 14.0. The van der Waals surface area contributed by atoms with Gasteiger partial charge in [0.2, 0.25) is 0 Å². The predicted octanol–water partition coefficient (Wildman–Crippen LogP) is 9.90. The van der Waals surface area contributed by atoms with E-state index in [1.807, 2.05) is 0 Å². The summed E-state index contributed by atoms with van der Waals surface area (Å²) in [6.07, 6.45) is 7.28. The molecular formula is C52H48F2N4O15P2. The molecule has 0 atom stereocenters. The van der Waals surface area contributed by atoms with Crippen LogP contribution in [0.2, 0.25) is 0 Å². The number of aromatic nitrogens is 2. The summed E-state index contributed by atoms with van der Waals surface area (Å²) in [5.74, 6) is -4.39. The van der Waals surface area contributed by atoms with Crippen molar-refractivity contribution in [3.63, 3.8) is 0 Å². The largest absolute Gasteiger partial charge is 0.505 e. The first-order valence-electron chi connectivity index (χ1n) is 22.5. The Bertz CT molecular complexity index is 3270. The summed E-state index contributed by atoms with van der Waals surface area (Å²) < 4.78 is 97.1. The highest BCUT2D eigenvalue weighted by Gasteiger charge is 2.45. The van der Waals surface area contributed by atoms with Crippen LogP contribution in [0.4, 0.5) is 8.78 Å². The molecule has 390 valence electrons. The molecule has 0 bridgehead atoms. The summed E-state index contributed by atoms with van der Waals surface area (Å²) in [7, 11) is -6.27. The van der Waals surface area contributed by atoms with Crippen molar-refractivity contribution in [2.45, 2.75) is 13.1 Å². The molecule has 2 aromatic heterocycles. The number of halogens is 2. The van der Waals surface area contributed by atoms with Crippen molar-refractivity contribution in [1.82, 2.24) is 19.8 Å². The Morgan fingerprint density at radius 3 is 1.33 bits per heavy atom. The van der Waals surface area contributed by atoms with Crippen molar-refractivity contribution in [3.05, 3.63) is 181 Å². The minimum Gasteiger partial charge on any atom is -0.505 e. The fourth-order valence-electron chi connectivity index (χ4n) is 7.62. The van der Waals surface area contributed by atoms with E-state index in [-0.39, 0.29) is 102 Å². The highest BCUT2D eigenvalue weighted by atomic mass is 31.2. The molecule has 0 fully saturated rings. The number of hydrogen-bond donors (Lipinski definition) is 1. The number of carbonyl (C=O) groups is 4. The number of rotatable bonds is 25. The number of fused-ring (bicyclic) bond motifs is 4. The summed E-state index contributed by atoms with van der Waals surface area (Å²) in [6.45, 7) is 13.3. The molecule has 0 aliphatic carbocycles. The number of methoxy groups -OCH3 is 1. The summed E-state index contributed by atoms with van der Waals surface area (Å²) in [4.78, 5) is 64.4. The Hall–Kier alpha value is -7.74. The SMILES string of the molecule is C=CCOP(=O)(COc1c2c(c(O)c3ncccc13)C(=O)N(Cc1ccc(F)cc1)C2=O)OCC=C.C=CCOP(=O)(COc1c2c(c(OCOC)c3ncccc13)C(=O)N(Cc1ccc(F)cc1)C2=O)OCC=C. The van der Waals surface area contributed by atoms with Crippen LogP contribution in [0.5, 0.6) is 23.0 Å². The molecule has 2 aliphatic rings. The van der Waals surface area contributed by atoms with Gasteiger partial charge in [0.05, 0.1) is 50.6 Å². The molecular weight excluding hydrogens is 1020 g/mol. The maximum absolute atomic E-state index is 13.7. The van der Waals surface area contributed by atoms with Crippen LogP contribution < -0.4 is 14.2 Å². The molecule has 6 aromatic rings. The summed E-state index contributed by atoms with van der Waals surface area (Å²) in [6, 6.07) is 17.1. The van der Waals surface area contributed by atoms with Crippen LogP contribution in [0, 0.1) is 11.6 Å². The number of phenols is 1. The van der Waals surface area contributed by atoms with E-state index in [0.29, 0.717) is 16.5 Å². The van der Waals surface area contributed by atoms with Gasteiger partial charge in [-0.1, -0.05) is 48.6 Å². The smallest absolute Gasteiger partial charge is 0.368 e. The topological polar surface area (TPSA) is 229 Å². The van der Waals surface area contributed by atoms with Crippen LogP contribution in [0.15, 0.2) is 136 Å². The average Bonchev–Trinajstić information content (AvgIpc) is 3.82. The zero-order chi connectivity index (χ0) is 53.9. The van der Waals surface area contributed by atoms with Gasteiger partial charge in [-0.3, -0.25) is 48.1 Å². The van der Waals surface area contributed by atoms with E-state index in [9.17, 15) is 42.2 Å². The van der Waals surface area contributed by atoms with Gasteiger partial charge in [0.15, 0.2) is 31.0 Å². The molecule has 2 aliphatic heterocycles. The van der Waals surface area contributed by atoms with E-state index >= 15 is 0 Å². The molecule has 0 unspecified atom stereocenters. The molecule has 0 radical (unpaired) electrons. The normalized spacial score (nSPS) is 13.1. The van der Waals surface area contributed by atoms with E-state index in [2.05, 4.69) is 36.3 Å². The monoisotopic (exact) mass is 1070 g/mol. The van der Waals surface area contributed by atoms with Crippen LogP contribution in [0.25, 0.3) is 21.8 Å². The molecule has 23 heteroatoms. The third-order valence-electron chi connectivity index (χ3n) is 10.9. The van der Waals surface area contributed by atoms with E-state index in [1.54, 1.807) is 18.2 Å². The highest BCUT2D eigenvalue weighted by molar-refractivity contribution is 7.53. The van der Waals surface area contributed by atoms with Gasteiger partial charge in [-0.15, -0.1) is 26.3 Å². The van der Waals surface area contributed by atoms with Crippen molar-refractivity contribution < 1.29 is 79.2 Å². The van der Waals surface area contributed by atoms with Crippen LogP contribution in [0.3, 0.4) is 0 Å². The van der Waals surface area contributed by atoms with Crippen molar-refractivity contribution in [2.24, 2.45) is 0 Å². The fraction of sp³-hybridized carbons (Fsp3) is 0.192. The zero-order valence-corrected chi connectivity index (χ0v) is 42.0. The van der Waals surface area contributed by atoms with Gasteiger partial charge in [0, 0.05) is 30.3 Å². The molecule has 75 heavy (non-hydrogen) atoms. The van der Waals surface area contributed by atoms with Gasteiger partial charge in [0.1, 0.15) is 45.3 Å². The third kappa shape index (κ3) is 12.1. The van der Waals surface area contributed by atoms with Crippen molar-refractivity contribution >= 4 is 60.6 Å². The standard InChI is InChI=1S/C27H26FN2O8P.C25H22FN2O7P/c1-4-13-37-39(33,38-14-5-2)17-36-24-20-7-6-12-29-23(20)25(35-16-34-3)22-21(24)26(31)30(27(22)32)15-18-8-10-19(28)11-9-18;1-3-12-34-36(32,35-13-4-2)15-33-23-18-6-5-11-27-21(18)22(29)19-20(23)25(31)28(24(19)30)14-16-7-9-17(26)10-8-16/h4-12H,1-2,13-17H2,3H3;3-11,29H,1-2,12-15H2. The van der Waals surface area contributed by atoms with E-state index in [1.165, 1.54) is 98.4 Å². The van der Waals surface area contributed by atoms with Gasteiger partial charge >= 0.3 is 15.2 Å². The summed E-state index contributed by atoms with van der Waals surface area (Å²) >= 11 is 0. The molecule has 8 rings (SSSR count). The number of aromatic hydroxyl groups is 1. The highest BCUT2D eigenvalue weighted by Crippen LogP contribution is 2.52. The summed E-state index contributed by atoms with van der Waals surface area (Å²) in [5, 5.41) is 11.4. The Labute approximate surface area is 428 Å². The first kappa shape index (κ1) is 55.0. The van der Waals surface area contributed by atoms with Crippen LogP contribution in [-0.4, -0.2) is 102 Å². The minimum atomic E-state index is -3.84. The van der Waals surface area contributed by atoms with Crippen LogP contribution >= 0.6 is 15.2 Å². The fourth-order valence-corrected chi connectivity index (χ4v) is 9.97. The average molecular weight is 1070 g/mol. The van der Waals surface area contributed by atoms with Gasteiger partial charge < -0.3 is 42.1 Å². The predicted molar refractivity (Wildman–Crippen MR) is 270 cm³/mol. The lowest BCUT2D eigenvalue weighted by molar-refractivity contribution is 0.0504. The number of phenolic OH excluding ortho intramolecular Hbond substituents is 1. The molecule has 4 aromatic carbocycles. The second kappa shape index (κ2) is 24.5. The van der Waals surface area contributed by atoms with Gasteiger partial charge in [-0.05, 0) is 59.7 Å². The molecule has 19 nitrogen and oxygen atoms in total. The van der Waals surface area contributed by atoms with Gasteiger partial charge in [-0.2, -0.15) is 0 Å². The summed E-state index contributed by atoms with van der Waals surface area (Å²) in [5.41, 5.74) is 0.566. The van der Waals surface area contributed by atoms with Crippen LogP contribution in [-0.2, 0) is 45.1 Å². The first-order valence-corrected chi connectivity index (χ1v) is 25.9. The maximum Gasteiger partial charge on any atom is 0.368 e. The lowest BCUT2D eigenvalue weighted by Gasteiger charge is -2.20. The minimum absolute atomic E-state index is 0.0184. The molecule has 0 saturated carbocycles. The Morgan fingerprint density at radius 2 is 0.920 bits per heavy atom. The first-order chi connectivity index (χ1) is 36.1. The number of ether oxygens (including phenoxy) is 4. The maximum atomic E-state index is 13.7. The molecule has 4 heterocycles. The quantitative estimate of drug-likeness (QED) is 0.0243. The molecule has 0 spiro atoms. The number of benzene rings is 4. The lowest BCUT2D eigenvalue weighted by atomic mass is 10.0. The second-order valence-electron chi connectivity index (χ2n) is 15.9. The number of hydrogen-bond acceptors (Lipinski definition) is 17. The number of amides is 4. The Morgan fingerprint density at radius 1 is 0.547 bits per heavy atom. The zero-order valence-electron chi connectivity index (χ0n) is 40.2. The van der Waals surface area contributed by atoms with Crippen molar-refractivity contribution in [1.29, 1.82) is 0 Å². The van der Waals surface area contributed by atoms with Crippen molar-refractivity contribution in [3.8, 4) is 23.0 Å². The van der Waals surface area contributed by atoms with E-state index in [4.69, 9.17) is 37.0 Å². The number of nitrogens with zero attached hydrogens (tertiary/aromatic N) is 4. The Kier molecular flexibility index (Phi) is 18.0. The number of pyridine rings is 2. The molecule has 0 saturated heterocycles. The van der Waals surface area contributed by atoms with Gasteiger partial charge in [-0.25, -0.2) is 8.78 Å². The van der Waals surface area contributed by atoms with Gasteiger partial charge in [0.25, 0.3) is 23.6 Å². The van der Waals surface area contributed by atoms with Crippen molar-refractivity contribution in [2.75, 3.05) is 53.0 Å². The lowest BCUT2D eigenvalue weighted by Crippen LogP contribution is -2.29. The number of carbonyl (C=O) groups excluding carboxylic acids is 4. The van der Waals surface area contributed by atoms with Crippen LogP contribution in [0.1, 0.15) is 52.6 Å². The van der Waals surface area contributed by atoms with E-state index < -0.39 is 68.9 Å². The van der Waals surface area contributed by atoms with E-state index in [0.717, 1.165) is 9.80 Å². The second-order valence-corrected chi connectivity index (χ2v) is 19.9. The number of imide groups is 2.